The van der Waals surface area contributed by atoms with Crippen LogP contribution in [0.15, 0.2) is 0 Å². The lowest BCUT2D eigenvalue weighted by atomic mass is 9.69. The molecule has 21 heavy (non-hydrogen) atoms. The summed E-state index contributed by atoms with van der Waals surface area (Å²) in [5.41, 5.74) is 0.445. The smallest absolute Gasteiger partial charge is 0.0253 e. The highest BCUT2D eigenvalue weighted by molar-refractivity contribution is 4.97. The number of piperazine rings is 1. The molecule has 1 saturated heterocycles. The number of nitrogens with one attached hydrogen (secondary N) is 1. The molecule has 5 unspecified atom stereocenters. The molecule has 3 heteroatoms. The third-order valence-corrected chi connectivity index (χ3v) is 6.27. The Morgan fingerprint density at radius 2 is 1.57 bits per heavy atom. The summed E-state index contributed by atoms with van der Waals surface area (Å²) in [6.45, 7) is 14.5. The molecule has 2 rings (SSSR count). The Bertz CT molecular complexity index is 324. The van der Waals surface area contributed by atoms with Crippen molar-refractivity contribution in [3.8, 4) is 0 Å². The van der Waals surface area contributed by atoms with Crippen molar-refractivity contribution in [1.29, 1.82) is 0 Å². The first-order valence-corrected chi connectivity index (χ1v) is 8.87. The molecule has 5 atom stereocenters. The van der Waals surface area contributed by atoms with Crippen LogP contribution in [0.3, 0.4) is 0 Å². The van der Waals surface area contributed by atoms with Gasteiger partial charge in [-0.05, 0) is 58.5 Å². The molecule has 0 aromatic rings. The SMILES string of the molecule is CNC1CCC(C(C)(C)C)CC1N1CC(C)N(C)C(C)C1. The molecular formula is C18H37N3. The Balaban J connectivity index is 2.10. The van der Waals surface area contributed by atoms with E-state index in [1.807, 2.05) is 0 Å². The number of rotatable bonds is 2. The number of nitrogens with zero attached hydrogens (tertiary/aromatic N) is 2. The van der Waals surface area contributed by atoms with Gasteiger partial charge in [0.15, 0.2) is 0 Å². The highest BCUT2D eigenvalue weighted by atomic mass is 15.3. The average Bonchev–Trinajstić information content (AvgIpc) is 2.42. The first-order chi connectivity index (χ1) is 9.74. The predicted molar refractivity (Wildman–Crippen MR) is 91.7 cm³/mol. The van der Waals surface area contributed by atoms with E-state index in [9.17, 15) is 0 Å². The van der Waals surface area contributed by atoms with E-state index in [1.165, 1.54) is 32.4 Å². The van der Waals surface area contributed by atoms with Crippen LogP contribution < -0.4 is 5.32 Å². The highest BCUT2D eigenvalue weighted by Crippen LogP contribution is 2.40. The summed E-state index contributed by atoms with van der Waals surface area (Å²) >= 11 is 0. The van der Waals surface area contributed by atoms with Gasteiger partial charge in [-0.3, -0.25) is 9.80 Å². The van der Waals surface area contributed by atoms with E-state index in [0.717, 1.165) is 5.92 Å². The standard InChI is InChI=1S/C18H37N3/c1-13-11-21(12-14(2)20(13)7)17-10-15(18(3,4)5)8-9-16(17)19-6/h13-17,19H,8-12H2,1-7H3. The van der Waals surface area contributed by atoms with Crippen LogP contribution in [0.1, 0.15) is 53.9 Å². The molecule has 124 valence electrons. The van der Waals surface area contributed by atoms with Crippen molar-refractivity contribution >= 4 is 0 Å². The van der Waals surface area contributed by atoms with Crippen LogP contribution in [-0.4, -0.2) is 61.2 Å². The molecule has 0 amide bonds. The zero-order valence-corrected chi connectivity index (χ0v) is 15.3. The third-order valence-electron chi connectivity index (χ3n) is 6.27. The summed E-state index contributed by atoms with van der Waals surface area (Å²) in [6.07, 6.45) is 4.07. The van der Waals surface area contributed by atoms with Crippen molar-refractivity contribution in [1.82, 2.24) is 15.1 Å². The average molecular weight is 296 g/mol. The van der Waals surface area contributed by atoms with Gasteiger partial charge in [-0.15, -0.1) is 0 Å². The first-order valence-electron chi connectivity index (χ1n) is 8.87. The molecule has 0 radical (unpaired) electrons. The molecule has 2 fully saturated rings. The van der Waals surface area contributed by atoms with E-state index in [0.29, 0.717) is 29.6 Å². The van der Waals surface area contributed by atoms with Gasteiger partial charge in [0, 0.05) is 37.3 Å². The first kappa shape index (κ1) is 17.2. The Morgan fingerprint density at radius 1 is 1.00 bits per heavy atom. The van der Waals surface area contributed by atoms with E-state index in [-0.39, 0.29) is 0 Å². The van der Waals surface area contributed by atoms with Crippen molar-refractivity contribution in [2.75, 3.05) is 27.2 Å². The molecule has 0 spiro atoms. The maximum Gasteiger partial charge on any atom is 0.0253 e. The number of hydrogen-bond donors (Lipinski definition) is 1. The Labute approximate surface area is 132 Å². The largest absolute Gasteiger partial charge is 0.315 e. The second-order valence-electron chi connectivity index (χ2n) is 8.66. The fourth-order valence-electron chi connectivity index (χ4n) is 4.39. The van der Waals surface area contributed by atoms with E-state index in [2.05, 4.69) is 63.8 Å². The number of hydrogen-bond acceptors (Lipinski definition) is 3. The van der Waals surface area contributed by atoms with Gasteiger partial charge in [0.1, 0.15) is 0 Å². The van der Waals surface area contributed by atoms with Crippen LogP contribution in [0.4, 0.5) is 0 Å². The number of likely N-dealkylation sites (N-methyl/N-ethyl adjacent to an activating group) is 2. The molecule has 1 N–H and O–H groups in total. The minimum atomic E-state index is 0.445. The molecule has 0 aromatic heterocycles. The molecule has 1 aliphatic heterocycles. The summed E-state index contributed by atoms with van der Waals surface area (Å²) in [5, 5.41) is 3.61. The van der Waals surface area contributed by atoms with Gasteiger partial charge in [-0.2, -0.15) is 0 Å². The molecule has 0 bridgehead atoms. The second kappa shape index (κ2) is 6.55. The van der Waals surface area contributed by atoms with Gasteiger partial charge in [-0.25, -0.2) is 0 Å². The quantitative estimate of drug-likeness (QED) is 0.845. The van der Waals surface area contributed by atoms with Crippen molar-refractivity contribution in [3.63, 3.8) is 0 Å². The molecule has 1 saturated carbocycles. The predicted octanol–water partition coefficient (Wildman–Crippen LogP) is 2.81. The molecule has 2 aliphatic rings. The monoisotopic (exact) mass is 295 g/mol. The van der Waals surface area contributed by atoms with Crippen LogP contribution >= 0.6 is 0 Å². The zero-order chi connectivity index (χ0) is 15.8. The summed E-state index contributed by atoms with van der Waals surface area (Å²) in [4.78, 5) is 5.32. The topological polar surface area (TPSA) is 18.5 Å². The van der Waals surface area contributed by atoms with Crippen molar-refractivity contribution in [2.45, 2.75) is 78.0 Å². The van der Waals surface area contributed by atoms with Gasteiger partial charge in [0.05, 0.1) is 0 Å². The second-order valence-corrected chi connectivity index (χ2v) is 8.66. The summed E-state index contributed by atoms with van der Waals surface area (Å²) < 4.78 is 0. The van der Waals surface area contributed by atoms with E-state index in [4.69, 9.17) is 0 Å². The lowest BCUT2D eigenvalue weighted by Crippen LogP contribution is -2.62. The molecule has 1 heterocycles. The third kappa shape index (κ3) is 3.80. The minimum Gasteiger partial charge on any atom is -0.315 e. The van der Waals surface area contributed by atoms with Crippen molar-refractivity contribution < 1.29 is 0 Å². The molecule has 3 nitrogen and oxygen atoms in total. The van der Waals surface area contributed by atoms with Gasteiger partial charge < -0.3 is 5.32 Å². The lowest BCUT2D eigenvalue weighted by Gasteiger charge is -2.51. The van der Waals surface area contributed by atoms with Crippen LogP contribution in [0.5, 0.6) is 0 Å². The fraction of sp³-hybridized carbons (Fsp3) is 1.00. The fourth-order valence-corrected chi connectivity index (χ4v) is 4.39. The van der Waals surface area contributed by atoms with Gasteiger partial charge in [0.25, 0.3) is 0 Å². The van der Waals surface area contributed by atoms with Crippen LogP contribution in [0.25, 0.3) is 0 Å². The van der Waals surface area contributed by atoms with Crippen molar-refractivity contribution in [2.24, 2.45) is 11.3 Å². The van der Waals surface area contributed by atoms with Crippen LogP contribution in [0.2, 0.25) is 0 Å². The lowest BCUT2D eigenvalue weighted by molar-refractivity contribution is -0.00678. The van der Waals surface area contributed by atoms with Gasteiger partial charge >= 0.3 is 0 Å². The normalized spacial score (nSPS) is 40.4. The van der Waals surface area contributed by atoms with Crippen LogP contribution in [-0.2, 0) is 0 Å². The summed E-state index contributed by atoms with van der Waals surface area (Å²) in [6, 6.07) is 2.72. The van der Waals surface area contributed by atoms with E-state index >= 15 is 0 Å². The maximum absolute atomic E-state index is 3.61. The van der Waals surface area contributed by atoms with Crippen molar-refractivity contribution in [3.05, 3.63) is 0 Å². The minimum absolute atomic E-state index is 0.445. The zero-order valence-electron chi connectivity index (χ0n) is 15.3. The Hall–Kier alpha value is -0.120. The molecule has 1 aliphatic carbocycles. The van der Waals surface area contributed by atoms with E-state index < -0.39 is 0 Å². The Morgan fingerprint density at radius 3 is 2.05 bits per heavy atom. The van der Waals surface area contributed by atoms with Gasteiger partial charge in [0.2, 0.25) is 0 Å². The maximum atomic E-state index is 3.61. The van der Waals surface area contributed by atoms with Crippen LogP contribution in [0, 0.1) is 11.3 Å². The molecular weight excluding hydrogens is 258 g/mol. The van der Waals surface area contributed by atoms with Gasteiger partial charge in [-0.1, -0.05) is 20.8 Å². The highest BCUT2D eigenvalue weighted by Gasteiger charge is 2.40. The Kier molecular flexibility index (Phi) is 5.38. The molecule has 0 aromatic carbocycles. The summed E-state index contributed by atoms with van der Waals surface area (Å²) in [7, 11) is 4.43. The summed E-state index contributed by atoms with van der Waals surface area (Å²) in [5.74, 6) is 0.859. The van der Waals surface area contributed by atoms with E-state index in [1.54, 1.807) is 0 Å².